The first-order valence-electron chi connectivity index (χ1n) is 9.24. The van der Waals surface area contributed by atoms with Crippen LogP contribution < -0.4 is 10.1 Å². The molecular formula is C22H17N5O2. The van der Waals surface area contributed by atoms with Gasteiger partial charge in [0.15, 0.2) is 0 Å². The Bertz CT molecular complexity index is 1130. The molecule has 142 valence electrons. The highest BCUT2D eigenvalue weighted by Gasteiger charge is 2.32. The van der Waals surface area contributed by atoms with E-state index in [0.717, 1.165) is 16.8 Å². The number of nitrogens with zero attached hydrogens (tertiary/aromatic N) is 4. The molecular weight excluding hydrogens is 366 g/mol. The van der Waals surface area contributed by atoms with Gasteiger partial charge in [-0.25, -0.2) is 4.68 Å². The van der Waals surface area contributed by atoms with Gasteiger partial charge < -0.3 is 10.1 Å². The number of amides is 1. The van der Waals surface area contributed by atoms with Gasteiger partial charge in [-0.05, 0) is 24.3 Å². The highest BCUT2D eigenvalue weighted by molar-refractivity contribution is 5.89. The van der Waals surface area contributed by atoms with Crippen molar-refractivity contribution in [1.82, 2.24) is 25.3 Å². The average Bonchev–Trinajstić information content (AvgIpc) is 3.25. The lowest BCUT2D eigenvalue weighted by Gasteiger charge is -2.27. The molecule has 0 saturated carbocycles. The molecule has 29 heavy (non-hydrogen) atoms. The van der Waals surface area contributed by atoms with Crippen LogP contribution in [0.15, 0.2) is 79.3 Å². The fourth-order valence-electron chi connectivity index (χ4n) is 3.47. The molecule has 3 heterocycles. The minimum atomic E-state index is -0.439. The van der Waals surface area contributed by atoms with Gasteiger partial charge in [0, 0.05) is 23.5 Å². The third-order valence-corrected chi connectivity index (χ3v) is 4.85. The van der Waals surface area contributed by atoms with Gasteiger partial charge in [0.05, 0.1) is 24.3 Å². The molecule has 0 unspecified atom stereocenters. The van der Waals surface area contributed by atoms with Crippen LogP contribution in [-0.2, 0) is 11.3 Å². The zero-order valence-corrected chi connectivity index (χ0v) is 15.4. The maximum Gasteiger partial charge on any atom is 0.232 e. The van der Waals surface area contributed by atoms with E-state index < -0.39 is 5.92 Å². The van der Waals surface area contributed by atoms with E-state index >= 15 is 0 Å². The van der Waals surface area contributed by atoms with Crippen LogP contribution in [0.5, 0.6) is 11.5 Å². The predicted molar refractivity (Wildman–Crippen MR) is 106 cm³/mol. The summed E-state index contributed by atoms with van der Waals surface area (Å²) in [5.74, 6) is 0.864. The first-order valence-corrected chi connectivity index (χ1v) is 9.24. The fourth-order valence-corrected chi connectivity index (χ4v) is 3.47. The van der Waals surface area contributed by atoms with Gasteiger partial charge in [0.25, 0.3) is 0 Å². The highest BCUT2D eigenvalue weighted by atomic mass is 16.5. The molecule has 0 aliphatic carbocycles. The summed E-state index contributed by atoms with van der Waals surface area (Å²) in [6.07, 6.45) is 5.18. The standard InChI is InChI=1S/C22H17N5O2/c28-22(24-13-15-14-27(26-25-15)16-9-11-23-12-10-16)21-17-5-1-3-7-19(17)29-20-8-4-2-6-18(20)21/h1-12,14,21H,13H2,(H,24,28). The van der Waals surface area contributed by atoms with Crippen LogP contribution in [0.3, 0.4) is 0 Å². The number of fused-ring (bicyclic) bond motifs is 2. The van der Waals surface area contributed by atoms with Crippen LogP contribution in [-0.4, -0.2) is 25.9 Å². The minimum Gasteiger partial charge on any atom is -0.457 e. The number of carbonyl (C=O) groups is 1. The summed E-state index contributed by atoms with van der Waals surface area (Å²) >= 11 is 0. The molecule has 2 aromatic heterocycles. The Labute approximate surface area is 167 Å². The number of para-hydroxylation sites is 2. The lowest BCUT2D eigenvalue weighted by Crippen LogP contribution is -2.31. The summed E-state index contributed by atoms with van der Waals surface area (Å²) in [7, 11) is 0. The third kappa shape index (κ3) is 3.23. The van der Waals surface area contributed by atoms with Gasteiger partial charge in [0.2, 0.25) is 5.91 Å². The monoisotopic (exact) mass is 383 g/mol. The summed E-state index contributed by atoms with van der Waals surface area (Å²) in [5.41, 5.74) is 3.23. The summed E-state index contributed by atoms with van der Waals surface area (Å²) in [5, 5.41) is 11.3. The summed E-state index contributed by atoms with van der Waals surface area (Å²) in [4.78, 5) is 17.1. The average molecular weight is 383 g/mol. The summed E-state index contributed by atoms with van der Waals surface area (Å²) in [6.45, 7) is 0.283. The zero-order valence-electron chi connectivity index (χ0n) is 15.4. The summed E-state index contributed by atoms with van der Waals surface area (Å²) in [6, 6.07) is 18.9. The Hall–Kier alpha value is -4.00. The number of ether oxygens (including phenoxy) is 1. The number of aromatic nitrogens is 4. The molecule has 0 fully saturated rings. The molecule has 0 spiro atoms. The Morgan fingerprint density at radius 3 is 2.31 bits per heavy atom. The molecule has 1 aliphatic heterocycles. The van der Waals surface area contributed by atoms with Gasteiger partial charge in [-0.15, -0.1) is 5.10 Å². The van der Waals surface area contributed by atoms with Gasteiger partial charge in [-0.2, -0.15) is 0 Å². The van der Waals surface area contributed by atoms with Crippen LogP contribution in [0.4, 0.5) is 0 Å². The molecule has 0 saturated heterocycles. The number of hydrogen-bond acceptors (Lipinski definition) is 5. The molecule has 4 aromatic rings. The molecule has 1 amide bonds. The smallest absolute Gasteiger partial charge is 0.232 e. The van der Waals surface area contributed by atoms with Crippen molar-refractivity contribution in [2.24, 2.45) is 0 Å². The van der Waals surface area contributed by atoms with E-state index in [1.54, 1.807) is 23.3 Å². The van der Waals surface area contributed by atoms with Crippen LogP contribution in [0.2, 0.25) is 0 Å². The van der Waals surface area contributed by atoms with E-state index in [2.05, 4.69) is 20.6 Å². The van der Waals surface area contributed by atoms with Gasteiger partial charge >= 0.3 is 0 Å². The highest BCUT2D eigenvalue weighted by Crippen LogP contribution is 2.43. The second-order valence-corrected chi connectivity index (χ2v) is 6.69. The second kappa shape index (κ2) is 7.20. The van der Waals surface area contributed by atoms with E-state index in [4.69, 9.17) is 4.74 Å². The molecule has 7 heteroatoms. The lowest BCUT2D eigenvalue weighted by atomic mass is 9.87. The van der Waals surface area contributed by atoms with Crippen LogP contribution in [0.25, 0.3) is 5.69 Å². The number of nitrogens with one attached hydrogen (secondary N) is 1. The third-order valence-electron chi connectivity index (χ3n) is 4.85. The van der Waals surface area contributed by atoms with Crippen molar-refractivity contribution in [1.29, 1.82) is 0 Å². The molecule has 0 radical (unpaired) electrons. The minimum absolute atomic E-state index is 0.105. The Morgan fingerprint density at radius 2 is 1.62 bits per heavy atom. The van der Waals surface area contributed by atoms with E-state index in [1.165, 1.54) is 0 Å². The first-order chi connectivity index (χ1) is 14.3. The van der Waals surface area contributed by atoms with Gasteiger partial charge in [-0.3, -0.25) is 9.78 Å². The molecule has 5 rings (SSSR count). The van der Waals surface area contributed by atoms with Crippen molar-refractivity contribution in [2.75, 3.05) is 0 Å². The van der Waals surface area contributed by atoms with Gasteiger partial charge in [0.1, 0.15) is 17.2 Å². The quantitative estimate of drug-likeness (QED) is 0.585. The number of pyridine rings is 1. The second-order valence-electron chi connectivity index (χ2n) is 6.69. The number of hydrogen-bond donors (Lipinski definition) is 1. The molecule has 1 aliphatic rings. The number of rotatable bonds is 4. The van der Waals surface area contributed by atoms with Crippen LogP contribution >= 0.6 is 0 Å². The maximum atomic E-state index is 13.1. The van der Waals surface area contributed by atoms with Crippen molar-refractivity contribution in [3.63, 3.8) is 0 Å². The van der Waals surface area contributed by atoms with Crippen LogP contribution in [0, 0.1) is 0 Å². The number of carbonyl (C=O) groups excluding carboxylic acids is 1. The van der Waals surface area contributed by atoms with E-state index in [9.17, 15) is 4.79 Å². The van der Waals surface area contributed by atoms with Crippen molar-refractivity contribution in [2.45, 2.75) is 12.5 Å². The zero-order chi connectivity index (χ0) is 19.6. The molecule has 0 bridgehead atoms. The lowest BCUT2D eigenvalue weighted by molar-refractivity contribution is -0.122. The van der Waals surface area contributed by atoms with E-state index in [-0.39, 0.29) is 12.5 Å². The topological polar surface area (TPSA) is 81.9 Å². The maximum absolute atomic E-state index is 13.1. The van der Waals surface area contributed by atoms with E-state index in [1.807, 2.05) is 60.7 Å². The largest absolute Gasteiger partial charge is 0.457 e. The normalized spacial score (nSPS) is 12.6. The Kier molecular flexibility index (Phi) is 4.25. The van der Waals surface area contributed by atoms with Crippen molar-refractivity contribution < 1.29 is 9.53 Å². The molecule has 0 atom stereocenters. The molecule has 7 nitrogen and oxygen atoms in total. The first kappa shape index (κ1) is 17.1. The van der Waals surface area contributed by atoms with Crippen LogP contribution in [0.1, 0.15) is 22.7 Å². The van der Waals surface area contributed by atoms with E-state index in [0.29, 0.717) is 17.2 Å². The predicted octanol–water partition coefficient (Wildman–Crippen LogP) is 3.22. The van der Waals surface area contributed by atoms with Gasteiger partial charge in [-0.1, -0.05) is 41.6 Å². The Morgan fingerprint density at radius 1 is 0.966 bits per heavy atom. The Balaban J connectivity index is 1.37. The molecule has 1 N–H and O–H groups in total. The van der Waals surface area contributed by atoms with Crippen molar-refractivity contribution in [3.8, 4) is 17.2 Å². The van der Waals surface area contributed by atoms with Crippen molar-refractivity contribution >= 4 is 5.91 Å². The molecule has 2 aromatic carbocycles. The SMILES string of the molecule is O=C(NCc1cn(-c2ccncc2)nn1)C1c2ccccc2Oc2ccccc21. The fraction of sp³-hybridized carbons (Fsp3) is 0.0909. The number of benzene rings is 2. The summed E-state index contributed by atoms with van der Waals surface area (Å²) < 4.78 is 7.62. The van der Waals surface area contributed by atoms with Crippen molar-refractivity contribution in [3.05, 3.63) is 96.1 Å².